The Morgan fingerprint density at radius 2 is 0.771 bits per heavy atom. The molecule has 3 heterocycles. The van der Waals surface area contributed by atoms with E-state index in [4.69, 9.17) is 0 Å². The van der Waals surface area contributed by atoms with Gasteiger partial charge >= 0.3 is 0 Å². The van der Waals surface area contributed by atoms with Crippen molar-refractivity contribution in [3.05, 3.63) is 247 Å². The molecule has 0 spiro atoms. The maximum absolute atomic E-state index is 3.95. The van der Waals surface area contributed by atoms with Gasteiger partial charge in [0.1, 0.15) is 0 Å². The standard InChI is InChI=1S/C66H40BrN3/c67-50-36-48(35-49(37-50)46-28-34-63-57(39-46)54-17-6-9-20-60(54)70(63)61-32-26-44-22-21-42-12-10-13-43-25-31-55(61)66(44)65(42)43)45-27-33-62-56(38-45)53-16-5-8-19-59(53)69(62)52-29-23-41(24-30-52)64-40-47-11-4-7-18-58(47)68(64)51-14-2-1-3-15-51/h1-40H. The van der Waals surface area contributed by atoms with Crippen LogP contribution in [0.1, 0.15) is 0 Å². The van der Waals surface area contributed by atoms with Crippen molar-refractivity contribution in [1.29, 1.82) is 0 Å². The predicted octanol–water partition coefficient (Wildman–Crippen LogP) is 18.5. The molecule has 4 heteroatoms. The van der Waals surface area contributed by atoms with Gasteiger partial charge in [0.05, 0.1) is 39.0 Å². The van der Waals surface area contributed by atoms with Gasteiger partial charge in [-0.25, -0.2) is 0 Å². The molecule has 0 aliphatic rings. The highest BCUT2D eigenvalue weighted by Gasteiger charge is 2.20. The van der Waals surface area contributed by atoms with Crippen LogP contribution in [0.3, 0.4) is 0 Å². The molecule has 0 amide bonds. The lowest BCUT2D eigenvalue weighted by atomic mass is 9.93. The molecule has 0 fully saturated rings. The first-order valence-electron chi connectivity index (χ1n) is 23.9. The number of benzene rings is 12. The smallest absolute Gasteiger partial charge is 0.0541 e. The lowest BCUT2D eigenvalue weighted by molar-refractivity contribution is 1.13. The SMILES string of the molecule is Brc1cc(-c2ccc3c(c2)c2ccccc2n3-c2ccc(-c3cc4ccccc4n3-c3ccccc3)cc2)cc(-c2ccc3c(c2)c2ccccc2n3-c2ccc3ccc4cccc5ccc2c3c45)c1. The van der Waals surface area contributed by atoms with E-state index >= 15 is 0 Å². The third kappa shape index (κ3) is 5.87. The first kappa shape index (κ1) is 39.3. The van der Waals surface area contributed by atoms with Gasteiger partial charge in [-0.2, -0.15) is 0 Å². The van der Waals surface area contributed by atoms with E-state index in [-0.39, 0.29) is 0 Å². The maximum Gasteiger partial charge on any atom is 0.0541 e. The Hall–Kier alpha value is -8.70. The molecule has 15 aromatic rings. The summed E-state index contributed by atoms with van der Waals surface area (Å²) in [5.74, 6) is 0. The second kappa shape index (κ2) is 15.2. The van der Waals surface area contributed by atoms with Crippen LogP contribution in [-0.4, -0.2) is 13.7 Å². The summed E-state index contributed by atoms with van der Waals surface area (Å²) in [7, 11) is 0. The van der Waals surface area contributed by atoms with Crippen molar-refractivity contribution in [1.82, 2.24) is 13.7 Å². The minimum Gasteiger partial charge on any atom is -0.309 e. The number of para-hydroxylation sites is 4. The van der Waals surface area contributed by atoms with Crippen LogP contribution in [0.2, 0.25) is 0 Å². The number of aromatic nitrogens is 3. The van der Waals surface area contributed by atoms with E-state index in [1.54, 1.807) is 0 Å². The Balaban J connectivity index is 0.824. The molecule has 0 N–H and O–H groups in total. The average molecular weight is 955 g/mol. The summed E-state index contributed by atoms with van der Waals surface area (Å²) in [6.45, 7) is 0. The van der Waals surface area contributed by atoms with Gasteiger partial charge in [0.25, 0.3) is 0 Å². The fourth-order valence-electron chi connectivity index (χ4n) is 11.7. The molecule has 3 nitrogen and oxygen atoms in total. The second-order valence-corrected chi connectivity index (χ2v) is 19.6. The normalized spacial score (nSPS) is 12.1. The molecule has 326 valence electrons. The highest BCUT2D eigenvalue weighted by Crippen LogP contribution is 2.43. The quantitative estimate of drug-likeness (QED) is 0.148. The first-order chi connectivity index (χ1) is 34.6. The van der Waals surface area contributed by atoms with Crippen molar-refractivity contribution in [3.63, 3.8) is 0 Å². The second-order valence-electron chi connectivity index (χ2n) is 18.6. The van der Waals surface area contributed by atoms with Crippen LogP contribution in [0, 0.1) is 0 Å². The van der Waals surface area contributed by atoms with Crippen molar-refractivity contribution in [2.24, 2.45) is 0 Å². The highest BCUT2D eigenvalue weighted by atomic mass is 79.9. The van der Waals surface area contributed by atoms with Gasteiger partial charge in [-0.05, 0) is 152 Å². The van der Waals surface area contributed by atoms with Crippen molar-refractivity contribution in [2.45, 2.75) is 0 Å². The summed E-state index contributed by atoms with van der Waals surface area (Å²) in [5.41, 5.74) is 16.5. The monoisotopic (exact) mass is 953 g/mol. The van der Waals surface area contributed by atoms with Crippen molar-refractivity contribution < 1.29 is 0 Å². The van der Waals surface area contributed by atoms with E-state index in [1.165, 1.54) is 120 Å². The van der Waals surface area contributed by atoms with Crippen LogP contribution in [0.5, 0.6) is 0 Å². The molecule has 0 bridgehead atoms. The van der Waals surface area contributed by atoms with Gasteiger partial charge in [0.2, 0.25) is 0 Å². The Labute approximate surface area is 411 Å². The molecule has 0 saturated carbocycles. The molecule has 3 aromatic heterocycles. The predicted molar refractivity (Wildman–Crippen MR) is 300 cm³/mol. The summed E-state index contributed by atoms with van der Waals surface area (Å²) >= 11 is 3.95. The summed E-state index contributed by atoms with van der Waals surface area (Å²) in [4.78, 5) is 0. The lowest BCUT2D eigenvalue weighted by Crippen LogP contribution is -1.97. The molecular formula is C66H40BrN3. The minimum absolute atomic E-state index is 1.05. The molecular weight excluding hydrogens is 915 g/mol. The van der Waals surface area contributed by atoms with E-state index in [0.717, 1.165) is 21.4 Å². The third-order valence-corrected chi connectivity index (χ3v) is 15.3. The van der Waals surface area contributed by atoms with Crippen LogP contribution in [0.15, 0.2) is 247 Å². The topological polar surface area (TPSA) is 14.8 Å². The Morgan fingerprint density at radius 3 is 1.47 bits per heavy atom. The summed E-state index contributed by atoms with van der Waals surface area (Å²) in [5, 5.41) is 13.9. The number of fused-ring (bicyclic) bond motifs is 7. The van der Waals surface area contributed by atoms with Crippen LogP contribution in [0.4, 0.5) is 0 Å². The number of halogens is 1. The zero-order valence-corrected chi connectivity index (χ0v) is 39.4. The number of nitrogens with zero attached hydrogens (tertiary/aromatic N) is 3. The first-order valence-corrected chi connectivity index (χ1v) is 24.7. The third-order valence-electron chi connectivity index (χ3n) is 14.8. The number of hydrogen-bond donors (Lipinski definition) is 0. The van der Waals surface area contributed by atoms with Gasteiger partial charge < -0.3 is 13.7 Å². The molecule has 12 aromatic carbocycles. The zero-order chi connectivity index (χ0) is 46.0. The minimum atomic E-state index is 1.05. The van der Waals surface area contributed by atoms with Gasteiger partial charge in [-0.15, -0.1) is 0 Å². The molecule has 70 heavy (non-hydrogen) atoms. The Morgan fingerprint density at radius 1 is 0.257 bits per heavy atom. The molecule has 15 rings (SSSR count). The molecule has 0 aliphatic carbocycles. The van der Waals surface area contributed by atoms with Crippen LogP contribution in [-0.2, 0) is 0 Å². The summed E-state index contributed by atoms with van der Waals surface area (Å²) in [6, 6.07) is 89.4. The fraction of sp³-hybridized carbons (Fsp3) is 0. The van der Waals surface area contributed by atoms with Crippen molar-refractivity contribution in [3.8, 4) is 50.6 Å². The van der Waals surface area contributed by atoms with Crippen molar-refractivity contribution in [2.75, 3.05) is 0 Å². The van der Waals surface area contributed by atoms with E-state index in [0.29, 0.717) is 0 Å². The molecule has 0 aliphatic heterocycles. The fourth-order valence-corrected chi connectivity index (χ4v) is 12.2. The number of hydrogen-bond acceptors (Lipinski definition) is 0. The van der Waals surface area contributed by atoms with Gasteiger partial charge in [-0.3, -0.25) is 0 Å². The van der Waals surface area contributed by atoms with Gasteiger partial charge in [0.15, 0.2) is 0 Å². The van der Waals surface area contributed by atoms with E-state index in [9.17, 15) is 0 Å². The van der Waals surface area contributed by atoms with Gasteiger partial charge in [-0.1, -0.05) is 162 Å². The van der Waals surface area contributed by atoms with E-state index in [2.05, 4.69) is 272 Å². The molecule has 0 radical (unpaired) electrons. The Bertz CT molecular complexity index is 4570. The molecule has 0 unspecified atom stereocenters. The van der Waals surface area contributed by atoms with E-state index < -0.39 is 0 Å². The van der Waals surface area contributed by atoms with Crippen LogP contribution < -0.4 is 0 Å². The molecule has 0 atom stereocenters. The highest BCUT2D eigenvalue weighted by molar-refractivity contribution is 9.10. The molecule has 0 saturated heterocycles. The van der Waals surface area contributed by atoms with Crippen LogP contribution >= 0.6 is 15.9 Å². The largest absolute Gasteiger partial charge is 0.309 e. The maximum atomic E-state index is 3.95. The van der Waals surface area contributed by atoms with Crippen molar-refractivity contribution >= 4 is 103 Å². The number of rotatable bonds is 6. The zero-order valence-electron chi connectivity index (χ0n) is 37.8. The van der Waals surface area contributed by atoms with Crippen LogP contribution in [0.25, 0.3) is 137 Å². The summed E-state index contributed by atoms with van der Waals surface area (Å²) < 4.78 is 8.29. The Kier molecular flexibility index (Phi) is 8.51. The average Bonchev–Trinajstić information content (AvgIpc) is 4.08. The van der Waals surface area contributed by atoms with Gasteiger partial charge in [0, 0.05) is 48.2 Å². The summed E-state index contributed by atoms with van der Waals surface area (Å²) in [6.07, 6.45) is 0. The lowest BCUT2D eigenvalue weighted by Gasteiger charge is -2.16. The van der Waals surface area contributed by atoms with E-state index in [1.807, 2.05) is 0 Å².